The molecular weight excluding hydrogens is 495 g/mol. The minimum absolute atomic E-state index is 0.0221. The lowest BCUT2D eigenvalue weighted by molar-refractivity contribution is -0.140. The highest BCUT2D eigenvalue weighted by atomic mass is 19.4. The second-order valence-corrected chi connectivity index (χ2v) is 11.1. The summed E-state index contributed by atoms with van der Waals surface area (Å²) in [5.74, 6) is 0.450. The van der Waals surface area contributed by atoms with E-state index in [2.05, 4.69) is 6.92 Å². The molecule has 0 amide bonds. The number of rotatable bonds is 8. The molecule has 0 spiro atoms. The van der Waals surface area contributed by atoms with E-state index in [-0.39, 0.29) is 35.0 Å². The minimum atomic E-state index is -4.88. The number of halogens is 5. The maximum Gasteiger partial charge on any atom is 0.419 e. The zero-order valence-corrected chi connectivity index (χ0v) is 22.4. The van der Waals surface area contributed by atoms with Crippen LogP contribution in [0.25, 0.3) is 17.2 Å². The average Bonchev–Trinajstić information content (AvgIpc) is 2.89. The first-order chi connectivity index (χ1) is 18.2. The van der Waals surface area contributed by atoms with Gasteiger partial charge in [0.05, 0.1) is 12.2 Å². The molecule has 4 rings (SSSR count). The third kappa shape index (κ3) is 6.79. The van der Waals surface area contributed by atoms with Crippen LogP contribution in [-0.2, 0) is 6.18 Å². The van der Waals surface area contributed by atoms with Crippen LogP contribution in [0.4, 0.5) is 22.0 Å². The summed E-state index contributed by atoms with van der Waals surface area (Å²) in [4.78, 5) is 0. The van der Waals surface area contributed by atoms with Crippen molar-refractivity contribution in [2.24, 2.45) is 23.7 Å². The summed E-state index contributed by atoms with van der Waals surface area (Å²) in [6, 6.07) is 6.27. The first kappa shape index (κ1) is 28.6. The quantitative estimate of drug-likeness (QED) is 0.306. The van der Waals surface area contributed by atoms with Gasteiger partial charge in [-0.3, -0.25) is 0 Å². The Morgan fingerprint density at radius 3 is 2.11 bits per heavy atom. The van der Waals surface area contributed by atoms with E-state index in [4.69, 9.17) is 4.74 Å². The third-order valence-corrected chi connectivity index (χ3v) is 8.62. The number of alkyl halides is 3. The number of hydrogen-bond acceptors (Lipinski definition) is 1. The molecule has 2 aliphatic carbocycles. The zero-order chi connectivity index (χ0) is 27.3. The molecule has 2 aromatic rings. The standard InChI is InChI=1S/C32H39F5O/c1-3-5-21-6-11-23(12-7-21)24-13-8-22(9-14-24)10-15-25-16-18-27(31(34)30(25)32(35,36)37)26-17-19-29(38-4-2)28(33)20-26/h10,15-24H,3-9,11-14H2,1-2H3. The number of benzene rings is 2. The van der Waals surface area contributed by atoms with Crippen LogP contribution in [0.2, 0.25) is 0 Å². The van der Waals surface area contributed by atoms with Gasteiger partial charge >= 0.3 is 6.18 Å². The van der Waals surface area contributed by atoms with Crippen LogP contribution in [0, 0.1) is 35.3 Å². The molecule has 1 nitrogen and oxygen atoms in total. The van der Waals surface area contributed by atoms with Crippen molar-refractivity contribution in [2.45, 2.75) is 84.2 Å². The first-order valence-electron chi connectivity index (χ1n) is 14.2. The smallest absolute Gasteiger partial charge is 0.419 e. The average molecular weight is 535 g/mol. The van der Waals surface area contributed by atoms with Crippen molar-refractivity contribution in [2.75, 3.05) is 6.61 Å². The minimum Gasteiger partial charge on any atom is -0.491 e. The maximum atomic E-state index is 15.3. The Labute approximate surface area is 223 Å². The van der Waals surface area contributed by atoms with E-state index < -0.39 is 23.4 Å². The molecule has 0 atom stereocenters. The topological polar surface area (TPSA) is 9.23 Å². The largest absolute Gasteiger partial charge is 0.491 e. The molecule has 0 saturated heterocycles. The molecule has 0 aromatic heterocycles. The van der Waals surface area contributed by atoms with Crippen LogP contribution in [-0.4, -0.2) is 6.61 Å². The molecule has 0 unspecified atom stereocenters. The normalized spacial score (nSPS) is 24.6. The fourth-order valence-electron chi connectivity index (χ4n) is 6.59. The molecule has 0 radical (unpaired) electrons. The lowest BCUT2D eigenvalue weighted by Gasteiger charge is -2.37. The lowest BCUT2D eigenvalue weighted by atomic mass is 9.68. The highest BCUT2D eigenvalue weighted by molar-refractivity contribution is 5.70. The van der Waals surface area contributed by atoms with Crippen LogP contribution in [0.3, 0.4) is 0 Å². The number of ether oxygens (including phenoxy) is 1. The Morgan fingerprint density at radius 2 is 1.53 bits per heavy atom. The molecule has 2 aromatic carbocycles. The molecule has 0 aliphatic heterocycles. The van der Waals surface area contributed by atoms with Crippen molar-refractivity contribution in [3.63, 3.8) is 0 Å². The summed E-state index contributed by atoms with van der Waals surface area (Å²) in [6.45, 7) is 4.19. The summed E-state index contributed by atoms with van der Waals surface area (Å²) in [5.41, 5.74) is -1.75. The van der Waals surface area contributed by atoms with Crippen molar-refractivity contribution in [3.8, 4) is 16.9 Å². The van der Waals surface area contributed by atoms with Gasteiger partial charge in [-0.25, -0.2) is 8.78 Å². The van der Waals surface area contributed by atoms with Gasteiger partial charge in [0.2, 0.25) is 0 Å². The van der Waals surface area contributed by atoms with Crippen molar-refractivity contribution in [1.82, 2.24) is 0 Å². The second-order valence-electron chi connectivity index (χ2n) is 11.1. The van der Waals surface area contributed by atoms with E-state index in [0.29, 0.717) is 0 Å². The Kier molecular flexibility index (Phi) is 9.54. The molecule has 2 saturated carbocycles. The van der Waals surface area contributed by atoms with Crippen LogP contribution < -0.4 is 4.74 Å². The van der Waals surface area contributed by atoms with Gasteiger partial charge < -0.3 is 4.74 Å². The first-order valence-corrected chi connectivity index (χ1v) is 14.2. The molecule has 38 heavy (non-hydrogen) atoms. The molecule has 6 heteroatoms. The van der Waals surface area contributed by atoms with Gasteiger partial charge in [0.25, 0.3) is 0 Å². The molecule has 2 aliphatic rings. The molecular formula is C32H39F5O. The Bertz CT molecular complexity index is 1090. The van der Waals surface area contributed by atoms with Crippen LogP contribution in [0.15, 0.2) is 36.4 Å². The van der Waals surface area contributed by atoms with Crippen LogP contribution in [0.5, 0.6) is 5.75 Å². The third-order valence-electron chi connectivity index (χ3n) is 8.62. The Balaban J connectivity index is 1.45. The van der Waals surface area contributed by atoms with Crippen molar-refractivity contribution < 1.29 is 26.7 Å². The number of allylic oxidation sites excluding steroid dienone is 1. The summed E-state index contributed by atoms with van der Waals surface area (Å²) in [5, 5.41) is 0. The van der Waals surface area contributed by atoms with E-state index >= 15 is 4.39 Å². The highest BCUT2D eigenvalue weighted by Gasteiger charge is 2.38. The summed E-state index contributed by atoms with van der Waals surface area (Å²) in [6.07, 6.45) is 10.4. The molecule has 2 fully saturated rings. The SMILES string of the molecule is CCCC1CCC(C2CCC(C=Cc3ccc(-c4ccc(OCC)c(F)c4)c(F)c3C(F)(F)F)CC2)CC1. The molecule has 0 N–H and O–H groups in total. The Morgan fingerprint density at radius 1 is 0.868 bits per heavy atom. The van der Waals surface area contributed by atoms with Crippen LogP contribution >= 0.6 is 0 Å². The van der Waals surface area contributed by atoms with Gasteiger partial charge in [0, 0.05) is 5.56 Å². The molecule has 0 bridgehead atoms. The van der Waals surface area contributed by atoms with Gasteiger partial charge in [-0.1, -0.05) is 63.0 Å². The summed E-state index contributed by atoms with van der Waals surface area (Å²) >= 11 is 0. The lowest BCUT2D eigenvalue weighted by Crippen LogP contribution is -2.25. The highest BCUT2D eigenvalue weighted by Crippen LogP contribution is 2.43. The van der Waals surface area contributed by atoms with E-state index in [1.165, 1.54) is 68.9 Å². The van der Waals surface area contributed by atoms with Crippen molar-refractivity contribution in [3.05, 3.63) is 59.2 Å². The number of hydrogen-bond donors (Lipinski definition) is 0. The molecule has 0 heterocycles. The Hall–Kier alpha value is -2.37. The van der Waals surface area contributed by atoms with E-state index in [1.807, 2.05) is 6.08 Å². The van der Waals surface area contributed by atoms with Gasteiger partial charge in [0.15, 0.2) is 11.6 Å². The fourth-order valence-corrected chi connectivity index (χ4v) is 6.59. The van der Waals surface area contributed by atoms with E-state index in [0.717, 1.165) is 49.5 Å². The maximum absolute atomic E-state index is 15.3. The predicted molar refractivity (Wildman–Crippen MR) is 143 cm³/mol. The van der Waals surface area contributed by atoms with Gasteiger partial charge in [-0.15, -0.1) is 0 Å². The van der Waals surface area contributed by atoms with E-state index in [1.54, 1.807) is 6.92 Å². The fraction of sp³-hybridized carbons (Fsp3) is 0.562. The second kappa shape index (κ2) is 12.7. The predicted octanol–water partition coefficient (Wildman–Crippen LogP) is 10.5. The summed E-state index contributed by atoms with van der Waals surface area (Å²) < 4.78 is 76.7. The zero-order valence-electron chi connectivity index (χ0n) is 22.4. The van der Waals surface area contributed by atoms with Crippen molar-refractivity contribution >= 4 is 6.08 Å². The van der Waals surface area contributed by atoms with Gasteiger partial charge in [-0.2, -0.15) is 13.2 Å². The van der Waals surface area contributed by atoms with E-state index in [9.17, 15) is 17.6 Å². The monoisotopic (exact) mass is 534 g/mol. The van der Waals surface area contributed by atoms with Crippen molar-refractivity contribution in [1.29, 1.82) is 0 Å². The molecule has 208 valence electrons. The van der Waals surface area contributed by atoms with Crippen LogP contribution in [0.1, 0.15) is 89.2 Å². The summed E-state index contributed by atoms with van der Waals surface area (Å²) in [7, 11) is 0. The van der Waals surface area contributed by atoms with Gasteiger partial charge in [-0.05, 0) is 92.4 Å². The van der Waals surface area contributed by atoms with Gasteiger partial charge in [0.1, 0.15) is 5.82 Å².